The topological polar surface area (TPSA) is 68.2 Å². The molecule has 20 heavy (non-hydrogen) atoms. The second-order valence-corrected chi connectivity index (χ2v) is 5.37. The van der Waals surface area contributed by atoms with Gasteiger partial charge in [0, 0.05) is 30.2 Å². The normalized spacial score (nSPS) is 12.5. The lowest BCUT2D eigenvalue weighted by Gasteiger charge is -2.04. The van der Waals surface area contributed by atoms with Gasteiger partial charge in [-0.25, -0.2) is 4.98 Å². The van der Waals surface area contributed by atoms with Gasteiger partial charge in [-0.1, -0.05) is 5.16 Å². The van der Waals surface area contributed by atoms with E-state index < -0.39 is 0 Å². The molecule has 1 N–H and O–H groups in total. The Balaban J connectivity index is 0.00000147. The SMILES string of the molecule is CNC(C)Cc1noc(Cc2cn3ccsc3n2)n1.Cl. The molecule has 1 unspecified atom stereocenters. The average molecular weight is 314 g/mol. The van der Waals surface area contributed by atoms with E-state index in [4.69, 9.17) is 4.52 Å². The highest BCUT2D eigenvalue weighted by Crippen LogP contribution is 2.14. The predicted molar refractivity (Wildman–Crippen MR) is 79.6 cm³/mol. The quantitative estimate of drug-likeness (QED) is 0.779. The molecule has 6 nitrogen and oxygen atoms in total. The van der Waals surface area contributed by atoms with Crippen LogP contribution in [0.4, 0.5) is 0 Å². The minimum atomic E-state index is 0. The zero-order valence-corrected chi connectivity index (χ0v) is 12.9. The van der Waals surface area contributed by atoms with E-state index in [1.54, 1.807) is 11.3 Å². The van der Waals surface area contributed by atoms with Gasteiger partial charge >= 0.3 is 0 Å². The minimum Gasteiger partial charge on any atom is -0.339 e. The Morgan fingerprint density at radius 2 is 2.30 bits per heavy atom. The molecule has 0 aromatic carbocycles. The molecule has 0 radical (unpaired) electrons. The Kier molecular flexibility index (Phi) is 4.74. The van der Waals surface area contributed by atoms with Crippen LogP contribution in [0, 0.1) is 0 Å². The van der Waals surface area contributed by atoms with E-state index in [2.05, 4.69) is 27.4 Å². The molecule has 3 heterocycles. The highest BCUT2D eigenvalue weighted by Gasteiger charge is 2.11. The number of aromatic nitrogens is 4. The van der Waals surface area contributed by atoms with Crippen LogP contribution in [0.25, 0.3) is 4.96 Å². The molecule has 3 rings (SSSR count). The summed E-state index contributed by atoms with van der Waals surface area (Å²) >= 11 is 1.61. The molecule has 0 fully saturated rings. The average Bonchev–Trinajstić information content (AvgIpc) is 3.05. The van der Waals surface area contributed by atoms with E-state index >= 15 is 0 Å². The van der Waals surface area contributed by atoms with Crippen molar-refractivity contribution in [1.82, 2.24) is 24.8 Å². The largest absolute Gasteiger partial charge is 0.339 e. The van der Waals surface area contributed by atoms with Crippen LogP contribution in [-0.4, -0.2) is 32.6 Å². The van der Waals surface area contributed by atoms with Crippen molar-refractivity contribution in [1.29, 1.82) is 0 Å². The molecule has 108 valence electrons. The van der Waals surface area contributed by atoms with Gasteiger partial charge < -0.3 is 9.84 Å². The molecule has 0 aliphatic rings. The number of nitrogens with zero attached hydrogens (tertiary/aromatic N) is 4. The third-order valence-corrected chi connectivity index (χ3v) is 3.74. The Hall–Kier alpha value is -1.44. The lowest BCUT2D eigenvalue weighted by atomic mass is 10.2. The van der Waals surface area contributed by atoms with Crippen molar-refractivity contribution in [3.63, 3.8) is 0 Å². The van der Waals surface area contributed by atoms with E-state index in [0.717, 1.165) is 22.9 Å². The van der Waals surface area contributed by atoms with Crippen molar-refractivity contribution in [2.24, 2.45) is 0 Å². The fourth-order valence-corrected chi connectivity index (χ4v) is 2.56. The van der Waals surface area contributed by atoms with Crippen LogP contribution in [0.15, 0.2) is 22.3 Å². The maximum atomic E-state index is 5.25. The molecule has 3 aromatic rings. The number of rotatable bonds is 5. The smallest absolute Gasteiger partial charge is 0.232 e. The number of likely N-dealkylation sites (N-methyl/N-ethyl adjacent to an activating group) is 1. The summed E-state index contributed by atoms with van der Waals surface area (Å²) in [5.41, 5.74) is 0.948. The van der Waals surface area contributed by atoms with Gasteiger partial charge in [0.1, 0.15) is 0 Å². The molecule has 0 bridgehead atoms. The number of halogens is 1. The molecule has 0 amide bonds. The Morgan fingerprint density at radius 1 is 1.45 bits per heavy atom. The molecule has 1 atom stereocenters. The zero-order chi connectivity index (χ0) is 13.2. The Labute approximate surface area is 126 Å². The van der Waals surface area contributed by atoms with Gasteiger partial charge in [-0.3, -0.25) is 4.40 Å². The summed E-state index contributed by atoms with van der Waals surface area (Å²) < 4.78 is 7.25. The van der Waals surface area contributed by atoms with Gasteiger partial charge in [-0.15, -0.1) is 23.7 Å². The highest BCUT2D eigenvalue weighted by atomic mass is 35.5. The van der Waals surface area contributed by atoms with Crippen molar-refractivity contribution >= 4 is 28.7 Å². The maximum Gasteiger partial charge on any atom is 0.232 e. The molecule has 0 aliphatic heterocycles. The van der Waals surface area contributed by atoms with Crippen LogP contribution < -0.4 is 5.32 Å². The first-order valence-electron chi connectivity index (χ1n) is 6.14. The van der Waals surface area contributed by atoms with E-state index in [1.807, 2.05) is 29.2 Å². The molecule has 3 aromatic heterocycles. The fraction of sp³-hybridized carbons (Fsp3) is 0.417. The molecule has 8 heteroatoms. The van der Waals surface area contributed by atoms with Crippen LogP contribution in [0.5, 0.6) is 0 Å². The van der Waals surface area contributed by atoms with Gasteiger partial charge in [0.2, 0.25) is 5.89 Å². The van der Waals surface area contributed by atoms with Crippen LogP contribution >= 0.6 is 23.7 Å². The Bertz CT molecular complexity index is 648. The van der Waals surface area contributed by atoms with Crippen molar-refractivity contribution in [2.45, 2.75) is 25.8 Å². The van der Waals surface area contributed by atoms with Crippen LogP contribution in [0.2, 0.25) is 0 Å². The van der Waals surface area contributed by atoms with Crippen molar-refractivity contribution in [2.75, 3.05) is 7.05 Å². The molecular formula is C12H16ClN5OS. The third-order valence-electron chi connectivity index (χ3n) is 2.97. The molecular weight excluding hydrogens is 298 g/mol. The van der Waals surface area contributed by atoms with E-state index in [9.17, 15) is 0 Å². The number of hydrogen-bond donors (Lipinski definition) is 1. The van der Waals surface area contributed by atoms with E-state index in [0.29, 0.717) is 18.4 Å². The van der Waals surface area contributed by atoms with Gasteiger partial charge in [-0.2, -0.15) is 4.98 Å². The standard InChI is InChI=1S/C12H15N5OS.ClH/c1-8(13-2)5-10-15-11(18-16-10)6-9-7-17-3-4-19-12(17)14-9;/h3-4,7-8,13H,5-6H2,1-2H3;1H. The number of fused-ring (bicyclic) bond motifs is 1. The summed E-state index contributed by atoms with van der Waals surface area (Å²) in [5, 5.41) is 9.14. The summed E-state index contributed by atoms with van der Waals surface area (Å²) in [7, 11) is 1.92. The Morgan fingerprint density at radius 3 is 3.05 bits per heavy atom. The fourth-order valence-electron chi connectivity index (χ4n) is 1.84. The van der Waals surface area contributed by atoms with Crippen molar-refractivity contribution < 1.29 is 4.52 Å². The third kappa shape index (κ3) is 3.17. The number of hydrogen-bond acceptors (Lipinski definition) is 6. The monoisotopic (exact) mass is 313 g/mol. The number of nitrogens with one attached hydrogen (secondary N) is 1. The van der Waals surface area contributed by atoms with Crippen molar-refractivity contribution in [3.8, 4) is 0 Å². The summed E-state index contributed by atoms with van der Waals surface area (Å²) in [6, 6.07) is 0.336. The van der Waals surface area contributed by atoms with Gasteiger partial charge in [-0.05, 0) is 14.0 Å². The first-order chi connectivity index (χ1) is 9.24. The molecule has 0 saturated heterocycles. The van der Waals surface area contributed by atoms with Crippen LogP contribution in [-0.2, 0) is 12.8 Å². The summed E-state index contributed by atoms with van der Waals surface area (Å²) in [5.74, 6) is 1.35. The van der Waals surface area contributed by atoms with Crippen LogP contribution in [0.1, 0.15) is 24.3 Å². The molecule has 0 aliphatic carbocycles. The summed E-state index contributed by atoms with van der Waals surface area (Å²) in [6.07, 6.45) is 5.32. The first kappa shape index (κ1) is 15.0. The second kappa shape index (κ2) is 6.34. The molecule has 0 spiro atoms. The summed E-state index contributed by atoms with van der Waals surface area (Å²) in [4.78, 5) is 9.86. The second-order valence-electron chi connectivity index (χ2n) is 4.50. The van der Waals surface area contributed by atoms with E-state index in [1.165, 1.54) is 0 Å². The number of imidazole rings is 1. The number of thiazole rings is 1. The minimum absolute atomic E-state index is 0. The van der Waals surface area contributed by atoms with E-state index in [-0.39, 0.29) is 12.4 Å². The lowest BCUT2D eigenvalue weighted by Crippen LogP contribution is -2.24. The zero-order valence-electron chi connectivity index (χ0n) is 11.2. The van der Waals surface area contributed by atoms with Crippen molar-refractivity contribution in [3.05, 3.63) is 35.2 Å². The lowest BCUT2D eigenvalue weighted by molar-refractivity contribution is 0.376. The highest BCUT2D eigenvalue weighted by molar-refractivity contribution is 7.15. The summed E-state index contributed by atoms with van der Waals surface area (Å²) in [6.45, 7) is 2.08. The van der Waals surface area contributed by atoms with Crippen LogP contribution in [0.3, 0.4) is 0 Å². The maximum absolute atomic E-state index is 5.25. The van der Waals surface area contributed by atoms with Gasteiger partial charge in [0.15, 0.2) is 10.8 Å². The van der Waals surface area contributed by atoms with Gasteiger partial charge in [0.25, 0.3) is 0 Å². The molecule has 0 saturated carbocycles. The van der Waals surface area contributed by atoms with Gasteiger partial charge in [0.05, 0.1) is 12.1 Å². The predicted octanol–water partition coefficient (Wildman–Crippen LogP) is 1.94. The first-order valence-corrected chi connectivity index (χ1v) is 7.02.